The van der Waals surface area contributed by atoms with E-state index in [0.717, 1.165) is 0 Å². The van der Waals surface area contributed by atoms with Crippen LogP contribution < -0.4 is 10.6 Å². The van der Waals surface area contributed by atoms with Crippen molar-refractivity contribution < 1.29 is 14.7 Å². The molecule has 0 unspecified atom stereocenters. The fourth-order valence-electron chi connectivity index (χ4n) is 2.06. The van der Waals surface area contributed by atoms with E-state index in [0.29, 0.717) is 29.4 Å². The highest BCUT2D eigenvalue weighted by atomic mass is 35.5. The Balaban J connectivity index is 3.40. The van der Waals surface area contributed by atoms with Gasteiger partial charge in [-0.15, -0.1) is 0 Å². The van der Waals surface area contributed by atoms with Gasteiger partial charge in [-0.05, 0) is 38.5 Å². The molecule has 5 nitrogen and oxygen atoms in total. The van der Waals surface area contributed by atoms with E-state index < -0.39 is 11.8 Å². The van der Waals surface area contributed by atoms with E-state index in [1.807, 2.05) is 13.8 Å². The van der Waals surface area contributed by atoms with E-state index in [-0.39, 0.29) is 11.3 Å². The number of nitrogens with one attached hydrogen (secondary N) is 2. The van der Waals surface area contributed by atoms with Crippen molar-refractivity contribution in [3.8, 4) is 0 Å². The molecule has 1 aromatic rings. The average molecular weight is 337 g/mol. The summed E-state index contributed by atoms with van der Waals surface area (Å²) in [5, 5.41) is 16.0. The second-order valence-corrected chi connectivity index (χ2v) is 5.25. The van der Waals surface area contributed by atoms with E-state index in [2.05, 4.69) is 10.6 Å². The molecule has 0 saturated heterocycles. The molecule has 3 N–H and O–H groups in total. The van der Waals surface area contributed by atoms with Gasteiger partial charge in [0.15, 0.2) is 5.78 Å². The summed E-state index contributed by atoms with van der Waals surface area (Å²) in [6.07, 6.45) is 1.29. The maximum Gasteiger partial charge on any atom is 0.341 e. The SMILES string of the molecule is CCN/C(C)=C\C(=O)/C(C(=O)O)=C(/NCC)c1ccc(Cl)cc1. The summed E-state index contributed by atoms with van der Waals surface area (Å²) in [4.78, 5) is 24.0. The number of carbonyl (C=O) groups excluding carboxylic acids is 1. The predicted molar refractivity (Wildman–Crippen MR) is 92.1 cm³/mol. The highest BCUT2D eigenvalue weighted by molar-refractivity contribution is 6.30. The molecule has 0 saturated carbocycles. The van der Waals surface area contributed by atoms with E-state index in [9.17, 15) is 14.7 Å². The van der Waals surface area contributed by atoms with Crippen molar-refractivity contribution in [2.75, 3.05) is 13.1 Å². The summed E-state index contributed by atoms with van der Waals surface area (Å²) >= 11 is 5.86. The van der Waals surface area contributed by atoms with Gasteiger partial charge in [-0.1, -0.05) is 23.7 Å². The van der Waals surface area contributed by atoms with Crippen molar-refractivity contribution in [1.82, 2.24) is 10.6 Å². The van der Waals surface area contributed by atoms with Crippen LogP contribution in [0.25, 0.3) is 5.70 Å². The first-order valence-corrected chi connectivity index (χ1v) is 7.72. The standard InChI is InChI=1S/C17H21ClN2O3/c1-4-19-11(3)10-14(21)15(17(22)23)16(20-5-2)12-6-8-13(18)9-7-12/h6-10,19-20H,4-5H2,1-3H3,(H,22,23)/b11-10-,16-15-. The fraction of sp³-hybridized carbons (Fsp3) is 0.294. The molecule has 0 bridgehead atoms. The molecule has 0 aliphatic rings. The van der Waals surface area contributed by atoms with Gasteiger partial charge in [-0.25, -0.2) is 4.79 Å². The smallest absolute Gasteiger partial charge is 0.341 e. The first-order chi connectivity index (χ1) is 10.9. The molecular formula is C17H21ClN2O3. The minimum Gasteiger partial charge on any atom is -0.477 e. The van der Waals surface area contributed by atoms with Gasteiger partial charge < -0.3 is 15.7 Å². The van der Waals surface area contributed by atoms with Crippen LogP contribution in [0, 0.1) is 0 Å². The molecule has 0 aromatic heterocycles. The van der Waals surface area contributed by atoms with Crippen LogP contribution in [0.15, 0.2) is 41.6 Å². The molecule has 0 amide bonds. The highest BCUT2D eigenvalue weighted by Crippen LogP contribution is 2.20. The lowest BCUT2D eigenvalue weighted by atomic mass is 10.0. The number of hydrogen-bond donors (Lipinski definition) is 3. The van der Waals surface area contributed by atoms with Crippen molar-refractivity contribution in [2.45, 2.75) is 20.8 Å². The number of carboxylic acid groups (broad SMARTS) is 1. The van der Waals surface area contributed by atoms with E-state index in [1.165, 1.54) is 6.08 Å². The second-order valence-electron chi connectivity index (χ2n) is 4.81. The van der Waals surface area contributed by atoms with Crippen LogP contribution >= 0.6 is 11.6 Å². The minimum atomic E-state index is -1.28. The van der Waals surface area contributed by atoms with Crippen molar-refractivity contribution in [2.24, 2.45) is 0 Å². The lowest BCUT2D eigenvalue weighted by Gasteiger charge is -2.13. The van der Waals surface area contributed by atoms with Crippen molar-refractivity contribution >= 4 is 29.1 Å². The molecule has 1 rings (SSSR count). The van der Waals surface area contributed by atoms with Gasteiger partial charge in [0.25, 0.3) is 0 Å². The largest absolute Gasteiger partial charge is 0.477 e. The lowest BCUT2D eigenvalue weighted by molar-refractivity contribution is -0.134. The van der Waals surface area contributed by atoms with Crippen LogP contribution in [-0.2, 0) is 9.59 Å². The van der Waals surface area contributed by atoms with E-state index in [1.54, 1.807) is 31.2 Å². The molecule has 1 aromatic carbocycles. The number of carbonyl (C=O) groups is 2. The Bertz CT molecular complexity index is 634. The summed E-state index contributed by atoms with van der Waals surface area (Å²) in [7, 11) is 0. The summed E-state index contributed by atoms with van der Waals surface area (Å²) in [5.74, 6) is -1.84. The van der Waals surface area contributed by atoms with Gasteiger partial charge >= 0.3 is 5.97 Å². The Morgan fingerprint density at radius 1 is 1.13 bits per heavy atom. The maximum absolute atomic E-state index is 12.4. The number of halogens is 1. The van der Waals surface area contributed by atoms with Crippen LogP contribution in [0.5, 0.6) is 0 Å². The first-order valence-electron chi connectivity index (χ1n) is 7.34. The third kappa shape index (κ3) is 5.45. The molecule has 0 atom stereocenters. The second kappa shape index (κ2) is 9.00. The summed E-state index contributed by atoms with van der Waals surface area (Å²) in [6.45, 7) is 6.58. The van der Waals surface area contributed by atoms with Gasteiger partial charge in [-0.2, -0.15) is 0 Å². The zero-order valence-corrected chi connectivity index (χ0v) is 14.2. The number of aliphatic carboxylic acids is 1. The van der Waals surface area contributed by atoms with Gasteiger partial charge in [0, 0.05) is 29.9 Å². The molecule has 0 spiro atoms. The van der Waals surface area contributed by atoms with Crippen molar-refractivity contribution in [1.29, 1.82) is 0 Å². The number of rotatable bonds is 8. The van der Waals surface area contributed by atoms with Crippen molar-refractivity contribution in [3.63, 3.8) is 0 Å². The Kier molecular flexibility index (Phi) is 7.35. The number of ketones is 1. The Morgan fingerprint density at radius 2 is 1.70 bits per heavy atom. The summed E-state index contributed by atoms with van der Waals surface area (Å²) in [5.41, 5.74) is 1.19. The molecule has 0 aliphatic heterocycles. The number of benzene rings is 1. The van der Waals surface area contributed by atoms with Gasteiger partial charge in [0.2, 0.25) is 0 Å². The minimum absolute atomic E-state index is 0.280. The highest BCUT2D eigenvalue weighted by Gasteiger charge is 2.22. The fourth-order valence-corrected chi connectivity index (χ4v) is 2.19. The molecule has 0 heterocycles. The molecule has 0 radical (unpaired) electrons. The van der Waals surface area contributed by atoms with Gasteiger partial charge in [0.1, 0.15) is 5.57 Å². The Morgan fingerprint density at radius 3 is 2.17 bits per heavy atom. The van der Waals surface area contributed by atoms with Crippen LogP contribution in [-0.4, -0.2) is 29.9 Å². The van der Waals surface area contributed by atoms with Crippen molar-refractivity contribution in [3.05, 3.63) is 52.2 Å². The van der Waals surface area contributed by atoms with Crippen LogP contribution in [0.2, 0.25) is 5.02 Å². The summed E-state index contributed by atoms with van der Waals surface area (Å²) < 4.78 is 0. The number of hydrogen-bond acceptors (Lipinski definition) is 4. The summed E-state index contributed by atoms with van der Waals surface area (Å²) in [6, 6.07) is 6.66. The third-order valence-corrected chi connectivity index (χ3v) is 3.25. The van der Waals surface area contributed by atoms with Gasteiger partial charge in [0.05, 0.1) is 5.70 Å². The van der Waals surface area contributed by atoms with Gasteiger partial charge in [-0.3, -0.25) is 4.79 Å². The molecule has 124 valence electrons. The molecule has 0 aliphatic carbocycles. The predicted octanol–water partition coefficient (Wildman–Crippen LogP) is 2.83. The monoisotopic (exact) mass is 336 g/mol. The Hall–Kier alpha value is -2.27. The maximum atomic E-state index is 12.4. The van der Waals surface area contributed by atoms with Crippen LogP contribution in [0.1, 0.15) is 26.3 Å². The van der Waals surface area contributed by atoms with Crippen LogP contribution in [0.4, 0.5) is 0 Å². The van der Waals surface area contributed by atoms with E-state index in [4.69, 9.17) is 11.6 Å². The third-order valence-electron chi connectivity index (χ3n) is 3.00. The zero-order valence-electron chi connectivity index (χ0n) is 13.4. The quantitative estimate of drug-likeness (QED) is 0.386. The number of carboxylic acids is 1. The average Bonchev–Trinajstić information content (AvgIpc) is 2.47. The zero-order chi connectivity index (χ0) is 17.4. The normalized spacial score (nSPS) is 12.4. The Labute approximate surface area is 141 Å². The lowest BCUT2D eigenvalue weighted by Crippen LogP contribution is -2.22. The molecule has 0 fully saturated rings. The topological polar surface area (TPSA) is 78.4 Å². The first kappa shape index (κ1) is 18.8. The molecule has 6 heteroatoms. The number of allylic oxidation sites excluding steroid dienone is 2. The molecular weight excluding hydrogens is 316 g/mol. The van der Waals surface area contributed by atoms with E-state index >= 15 is 0 Å². The van der Waals surface area contributed by atoms with Crippen LogP contribution in [0.3, 0.4) is 0 Å². The molecule has 23 heavy (non-hydrogen) atoms.